The van der Waals surface area contributed by atoms with Gasteiger partial charge in [-0.1, -0.05) is 0 Å². The van der Waals surface area contributed by atoms with Crippen molar-refractivity contribution in [2.75, 3.05) is 0 Å². The van der Waals surface area contributed by atoms with Gasteiger partial charge in [-0.05, 0) is 13.0 Å². The molecule has 0 aliphatic rings. The van der Waals surface area contributed by atoms with Gasteiger partial charge in [-0.25, -0.2) is 0 Å². The predicted molar refractivity (Wildman–Crippen MR) is 70.3 cm³/mol. The van der Waals surface area contributed by atoms with Crippen LogP contribution in [0.5, 0.6) is 5.75 Å². The van der Waals surface area contributed by atoms with Gasteiger partial charge in [-0.2, -0.15) is 5.10 Å². The normalized spacial score (nSPS) is 10.9. The topological polar surface area (TPSA) is 83.2 Å². The van der Waals surface area contributed by atoms with Crippen LogP contribution in [0.1, 0.15) is 22.5 Å². The van der Waals surface area contributed by atoms with Crippen LogP contribution in [0, 0.1) is 6.92 Å². The van der Waals surface area contributed by atoms with E-state index in [1.807, 2.05) is 19.3 Å². The summed E-state index contributed by atoms with van der Waals surface area (Å²) in [4.78, 5) is 4.03. The van der Waals surface area contributed by atoms with Crippen molar-refractivity contribution in [2.45, 2.75) is 26.6 Å². The molecule has 0 aromatic carbocycles. The molecule has 2 aromatic heterocycles. The van der Waals surface area contributed by atoms with E-state index < -0.39 is 0 Å². The molecule has 0 saturated carbocycles. The van der Waals surface area contributed by atoms with Crippen molar-refractivity contribution in [1.82, 2.24) is 20.1 Å². The fourth-order valence-corrected chi connectivity index (χ4v) is 1.89. The van der Waals surface area contributed by atoms with Crippen LogP contribution in [0.3, 0.4) is 0 Å². The zero-order chi connectivity index (χ0) is 13.8. The van der Waals surface area contributed by atoms with Gasteiger partial charge in [-0.15, -0.1) is 0 Å². The Balaban J connectivity index is 2.04. The highest BCUT2D eigenvalue weighted by molar-refractivity contribution is 5.40. The summed E-state index contributed by atoms with van der Waals surface area (Å²) in [6, 6.07) is 1.93. The van der Waals surface area contributed by atoms with Crippen molar-refractivity contribution in [2.24, 2.45) is 7.05 Å². The minimum Gasteiger partial charge on any atom is -0.506 e. The van der Waals surface area contributed by atoms with Gasteiger partial charge < -0.3 is 15.5 Å². The van der Waals surface area contributed by atoms with Crippen molar-refractivity contribution in [3.63, 3.8) is 0 Å². The molecule has 0 amide bonds. The molecule has 2 aromatic rings. The van der Waals surface area contributed by atoms with E-state index in [0.717, 1.165) is 5.69 Å². The first-order valence-corrected chi connectivity index (χ1v) is 6.08. The molecule has 102 valence electrons. The molecule has 0 unspecified atom stereocenters. The summed E-state index contributed by atoms with van der Waals surface area (Å²) in [5.41, 5.74) is 2.81. The number of aliphatic hydroxyl groups excluding tert-OH is 1. The lowest BCUT2D eigenvalue weighted by molar-refractivity contribution is 0.278. The van der Waals surface area contributed by atoms with Crippen LogP contribution in [0.25, 0.3) is 0 Å². The highest BCUT2D eigenvalue weighted by Crippen LogP contribution is 2.23. The Kier molecular flexibility index (Phi) is 4.13. The quantitative estimate of drug-likeness (QED) is 0.735. The zero-order valence-electron chi connectivity index (χ0n) is 11.1. The van der Waals surface area contributed by atoms with Gasteiger partial charge in [0.2, 0.25) is 0 Å². The van der Waals surface area contributed by atoms with E-state index in [-0.39, 0.29) is 12.4 Å². The third-order valence-electron chi connectivity index (χ3n) is 2.98. The minimum atomic E-state index is -0.137. The Hall–Kier alpha value is -1.92. The van der Waals surface area contributed by atoms with Crippen LogP contribution in [0.2, 0.25) is 0 Å². The van der Waals surface area contributed by atoms with Crippen LogP contribution in [0.15, 0.2) is 18.5 Å². The summed E-state index contributed by atoms with van der Waals surface area (Å²) >= 11 is 0. The minimum absolute atomic E-state index is 0.137. The van der Waals surface area contributed by atoms with E-state index >= 15 is 0 Å². The molecule has 0 aliphatic carbocycles. The van der Waals surface area contributed by atoms with Crippen molar-refractivity contribution in [3.05, 3.63) is 41.0 Å². The van der Waals surface area contributed by atoms with E-state index in [2.05, 4.69) is 15.4 Å². The Bertz CT molecular complexity index is 566. The number of aromatic hydroxyl groups is 1. The smallest absolute Gasteiger partial charge is 0.141 e. The maximum absolute atomic E-state index is 9.98. The molecule has 0 bridgehead atoms. The molecule has 0 radical (unpaired) electrons. The van der Waals surface area contributed by atoms with Gasteiger partial charge in [0.05, 0.1) is 18.0 Å². The molecule has 0 spiro atoms. The number of nitrogens with one attached hydrogen (secondary N) is 1. The van der Waals surface area contributed by atoms with Crippen LogP contribution >= 0.6 is 0 Å². The van der Waals surface area contributed by atoms with Gasteiger partial charge in [0.1, 0.15) is 5.75 Å². The van der Waals surface area contributed by atoms with E-state index in [4.69, 9.17) is 0 Å². The molecular formula is C13H18N4O2. The molecule has 2 rings (SSSR count). The third-order valence-corrected chi connectivity index (χ3v) is 2.98. The first-order chi connectivity index (χ1) is 9.11. The lowest BCUT2D eigenvalue weighted by atomic mass is 10.1. The third kappa shape index (κ3) is 3.10. The molecule has 6 heteroatoms. The number of nitrogens with zero attached hydrogens (tertiary/aromatic N) is 3. The predicted octanol–water partition coefficient (Wildman–Crippen LogP) is 0.611. The van der Waals surface area contributed by atoms with E-state index in [1.54, 1.807) is 17.8 Å². The maximum atomic E-state index is 9.98. The summed E-state index contributed by atoms with van der Waals surface area (Å²) in [6.45, 7) is 2.66. The number of aryl methyl sites for hydroxylation is 2. The van der Waals surface area contributed by atoms with Crippen LogP contribution in [0.4, 0.5) is 0 Å². The summed E-state index contributed by atoms with van der Waals surface area (Å²) in [6.07, 6.45) is 3.47. The Morgan fingerprint density at radius 2 is 2.16 bits per heavy atom. The average molecular weight is 262 g/mol. The van der Waals surface area contributed by atoms with Crippen molar-refractivity contribution >= 4 is 0 Å². The second kappa shape index (κ2) is 5.81. The number of rotatable bonds is 5. The number of pyridine rings is 1. The number of hydrogen-bond donors (Lipinski definition) is 3. The van der Waals surface area contributed by atoms with Gasteiger partial charge in [0.25, 0.3) is 0 Å². The summed E-state index contributed by atoms with van der Waals surface area (Å²) in [5, 5.41) is 26.7. The second-order valence-electron chi connectivity index (χ2n) is 4.44. The summed E-state index contributed by atoms with van der Waals surface area (Å²) in [5.74, 6) is 0.139. The molecule has 2 heterocycles. The molecule has 0 saturated heterocycles. The van der Waals surface area contributed by atoms with E-state index in [0.29, 0.717) is 29.9 Å². The lowest BCUT2D eigenvalue weighted by Gasteiger charge is -2.11. The highest BCUT2D eigenvalue weighted by Gasteiger charge is 2.11. The lowest BCUT2D eigenvalue weighted by Crippen LogP contribution is -2.15. The molecule has 6 nitrogen and oxygen atoms in total. The van der Waals surface area contributed by atoms with Gasteiger partial charge in [-0.3, -0.25) is 9.67 Å². The summed E-state index contributed by atoms with van der Waals surface area (Å²) < 4.78 is 1.74. The largest absolute Gasteiger partial charge is 0.506 e. The molecule has 19 heavy (non-hydrogen) atoms. The monoisotopic (exact) mass is 262 g/mol. The zero-order valence-corrected chi connectivity index (χ0v) is 11.1. The van der Waals surface area contributed by atoms with Crippen LogP contribution in [-0.2, 0) is 26.7 Å². The number of aromatic nitrogens is 3. The van der Waals surface area contributed by atoms with Gasteiger partial charge in [0.15, 0.2) is 0 Å². The molecule has 0 aliphatic heterocycles. The molecule has 0 fully saturated rings. The van der Waals surface area contributed by atoms with Crippen LogP contribution < -0.4 is 5.32 Å². The van der Waals surface area contributed by atoms with Crippen molar-refractivity contribution in [3.8, 4) is 5.75 Å². The van der Waals surface area contributed by atoms with Crippen LogP contribution in [-0.4, -0.2) is 25.0 Å². The maximum Gasteiger partial charge on any atom is 0.141 e. The molecule has 0 atom stereocenters. The van der Waals surface area contributed by atoms with Gasteiger partial charge in [0, 0.05) is 43.7 Å². The highest BCUT2D eigenvalue weighted by atomic mass is 16.3. The Morgan fingerprint density at radius 3 is 2.79 bits per heavy atom. The Labute approximate surface area is 111 Å². The first kappa shape index (κ1) is 13.5. The molecular weight excluding hydrogens is 244 g/mol. The number of aliphatic hydroxyl groups is 1. The average Bonchev–Trinajstić information content (AvgIpc) is 2.80. The standard InChI is InChI=1S/C13H18N4O2/c1-9-13(19)12(10(8-18)5-15-9)7-14-6-11-3-4-17(2)16-11/h3-5,14,18-19H,6-8H2,1-2H3. The SMILES string of the molecule is Cc1ncc(CO)c(CNCc2ccn(C)n2)c1O. The first-order valence-electron chi connectivity index (χ1n) is 6.08. The van der Waals surface area contributed by atoms with E-state index in [9.17, 15) is 10.2 Å². The van der Waals surface area contributed by atoms with Crippen molar-refractivity contribution in [1.29, 1.82) is 0 Å². The second-order valence-corrected chi connectivity index (χ2v) is 4.44. The number of hydrogen-bond acceptors (Lipinski definition) is 5. The summed E-state index contributed by atoms with van der Waals surface area (Å²) in [7, 11) is 1.87. The Morgan fingerprint density at radius 1 is 1.37 bits per heavy atom. The van der Waals surface area contributed by atoms with Crippen molar-refractivity contribution < 1.29 is 10.2 Å². The van der Waals surface area contributed by atoms with E-state index in [1.165, 1.54) is 0 Å². The van der Waals surface area contributed by atoms with Gasteiger partial charge >= 0.3 is 0 Å². The fraction of sp³-hybridized carbons (Fsp3) is 0.385. The fourth-order valence-electron chi connectivity index (χ4n) is 1.89. The molecule has 3 N–H and O–H groups in total.